The van der Waals surface area contributed by atoms with E-state index in [4.69, 9.17) is 14.6 Å². The van der Waals surface area contributed by atoms with Gasteiger partial charge in [0.15, 0.2) is 0 Å². The number of amides is 1. The Hall–Kier alpha value is -2.24. The minimum absolute atomic E-state index is 0.0777. The van der Waals surface area contributed by atoms with Crippen LogP contribution in [0.2, 0.25) is 0 Å². The molecule has 1 aliphatic carbocycles. The third-order valence-electron chi connectivity index (χ3n) is 4.35. The molecule has 0 bridgehead atoms. The SMILES string of the molecule is COc1ccc(OC(C)CNC(=O)C2CCCC(C(=O)O)C2)cc1. The fraction of sp³-hybridized carbons (Fsp3) is 0.556. The second-order valence-electron chi connectivity index (χ2n) is 6.25. The quantitative estimate of drug-likeness (QED) is 0.799. The Morgan fingerprint density at radius 2 is 1.83 bits per heavy atom. The number of aliphatic carboxylic acids is 1. The Bertz CT molecular complexity index is 557. The summed E-state index contributed by atoms with van der Waals surface area (Å²) < 4.78 is 10.8. The molecule has 1 aliphatic rings. The van der Waals surface area contributed by atoms with E-state index in [1.165, 1.54) is 0 Å². The fourth-order valence-corrected chi connectivity index (χ4v) is 2.97. The molecule has 0 aliphatic heterocycles. The molecule has 1 aromatic rings. The van der Waals surface area contributed by atoms with Crippen LogP contribution in [0.4, 0.5) is 0 Å². The highest BCUT2D eigenvalue weighted by Gasteiger charge is 2.31. The van der Waals surface area contributed by atoms with Gasteiger partial charge in [-0.05, 0) is 50.5 Å². The summed E-state index contributed by atoms with van der Waals surface area (Å²) in [6.45, 7) is 2.27. The zero-order valence-corrected chi connectivity index (χ0v) is 14.2. The number of carbonyl (C=O) groups is 2. The van der Waals surface area contributed by atoms with Gasteiger partial charge in [-0.2, -0.15) is 0 Å². The second-order valence-corrected chi connectivity index (χ2v) is 6.25. The van der Waals surface area contributed by atoms with Crippen molar-refractivity contribution in [2.75, 3.05) is 13.7 Å². The van der Waals surface area contributed by atoms with Crippen molar-refractivity contribution >= 4 is 11.9 Å². The number of carboxylic acid groups (broad SMARTS) is 1. The van der Waals surface area contributed by atoms with Crippen LogP contribution in [0.15, 0.2) is 24.3 Å². The van der Waals surface area contributed by atoms with Crippen molar-refractivity contribution in [2.24, 2.45) is 11.8 Å². The summed E-state index contributed by atoms with van der Waals surface area (Å²) in [5.41, 5.74) is 0. The normalized spacial score (nSPS) is 21.6. The molecule has 0 heterocycles. The molecule has 1 fully saturated rings. The van der Waals surface area contributed by atoms with Gasteiger partial charge in [0.2, 0.25) is 5.91 Å². The van der Waals surface area contributed by atoms with Gasteiger partial charge in [0.25, 0.3) is 0 Å². The van der Waals surface area contributed by atoms with E-state index < -0.39 is 11.9 Å². The maximum absolute atomic E-state index is 12.2. The molecule has 24 heavy (non-hydrogen) atoms. The van der Waals surface area contributed by atoms with E-state index in [2.05, 4.69) is 5.32 Å². The van der Waals surface area contributed by atoms with Crippen molar-refractivity contribution in [2.45, 2.75) is 38.7 Å². The van der Waals surface area contributed by atoms with Gasteiger partial charge in [-0.15, -0.1) is 0 Å². The van der Waals surface area contributed by atoms with Gasteiger partial charge in [0, 0.05) is 5.92 Å². The summed E-state index contributed by atoms with van der Waals surface area (Å²) in [5, 5.41) is 12.0. The largest absolute Gasteiger partial charge is 0.497 e. The molecule has 0 radical (unpaired) electrons. The van der Waals surface area contributed by atoms with Crippen molar-refractivity contribution in [3.05, 3.63) is 24.3 Å². The topological polar surface area (TPSA) is 84.9 Å². The van der Waals surface area contributed by atoms with Gasteiger partial charge in [0.05, 0.1) is 19.6 Å². The Morgan fingerprint density at radius 3 is 2.46 bits per heavy atom. The Kier molecular flexibility index (Phi) is 6.46. The average Bonchev–Trinajstić information content (AvgIpc) is 2.60. The van der Waals surface area contributed by atoms with Crippen LogP contribution in [-0.2, 0) is 9.59 Å². The number of rotatable bonds is 7. The molecule has 3 atom stereocenters. The monoisotopic (exact) mass is 335 g/mol. The molecule has 6 nitrogen and oxygen atoms in total. The predicted molar refractivity (Wildman–Crippen MR) is 89.2 cm³/mol. The van der Waals surface area contributed by atoms with Crippen molar-refractivity contribution in [1.29, 1.82) is 0 Å². The highest BCUT2D eigenvalue weighted by atomic mass is 16.5. The Balaban J connectivity index is 1.76. The highest BCUT2D eigenvalue weighted by molar-refractivity contribution is 5.80. The summed E-state index contributed by atoms with van der Waals surface area (Å²) in [4.78, 5) is 23.3. The van der Waals surface area contributed by atoms with Crippen LogP contribution in [-0.4, -0.2) is 36.7 Å². The van der Waals surface area contributed by atoms with Crippen molar-refractivity contribution in [3.63, 3.8) is 0 Å². The molecule has 2 N–H and O–H groups in total. The number of benzene rings is 1. The van der Waals surface area contributed by atoms with E-state index in [-0.39, 0.29) is 17.9 Å². The van der Waals surface area contributed by atoms with Crippen molar-refractivity contribution in [1.82, 2.24) is 5.32 Å². The van der Waals surface area contributed by atoms with Gasteiger partial charge in [-0.3, -0.25) is 9.59 Å². The minimum atomic E-state index is -0.802. The van der Waals surface area contributed by atoms with Gasteiger partial charge >= 0.3 is 5.97 Å². The first-order valence-electron chi connectivity index (χ1n) is 8.30. The molecule has 0 aromatic heterocycles. The van der Waals surface area contributed by atoms with Crippen LogP contribution < -0.4 is 14.8 Å². The third-order valence-corrected chi connectivity index (χ3v) is 4.35. The van der Waals surface area contributed by atoms with Crippen LogP contribution in [0.5, 0.6) is 11.5 Å². The molecule has 6 heteroatoms. The Labute approximate surface area is 142 Å². The third kappa shape index (κ3) is 5.15. The second kappa shape index (κ2) is 8.57. The first-order valence-corrected chi connectivity index (χ1v) is 8.30. The van der Waals surface area contributed by atoms with Crippen molar-refractivity contribution < 1.29 is 24.2 Å². The van der Waals surface area contributed by atoms with Crippen LogP contribution in [0.1, 0.15) is 32.6 Å². The first-order chi connectivity index (χ1) is 11.5. The molecule has 2 rings (SSSR count). The summed E-state index contributed by atoms with van der Waals surface area (Å²) in [7, 11) is 1.61. The van der Waals surface area contributed by atoms with Gasteiger partial charge < -0.3 is 19.9 Å². The van der Waals surface area contributed by atoms with E-state index in [0.717, 1.165) is 18.6 Å². The van der Waals surface area contributed by atoms with Crippen LogP contribution in [0, 0.1) is 11.8 Å². The lowest BCUT2D eigenvalue weighted by atomic mass is 9.81. The number of carboxylic acids is 1. The average molecular weight is 335 g/mol. The fourth-order valence-electron chi connectivity index (χ4n) is 2.97. The molecule has 0 spiro atoms. The lowest BCUT2D eigenvalue weighted by Gasteiger charge is -2.26. The molecule has 1 saturated carbocycles. The van der Waals surface area contributed by atoms with Crippen LogP contribution in [0.3, 0.4) is 0 Å². The predicted octanol–water partition coefficient (Wildman–Crippen LogP) is 2.47. The molecule has 1 aromatic carbocycles. The number of carbonyl (C=O) groups excluding carboxylic acids is 1. The Morgan fingerprint density at radius 1 is 1.21 bits per heavy atom. The molecular weight excluding hydrogens is 310 g/mol. The number of hydrogen-bond donors (Lipinski definition) is 2. The molecule has 1 amide bonds. The summed E-state index contributed by atoms with van der Waals surface area (Å²) in [6, 6.07) is 7.26. The summed E-state index contributed by atoms with van der Waals surface area (Å²) in [6.07, 6.45) is 2.45. The zero-order chi connectivity index (χ0) is 17.5. The highest BCUT2D eigenvalue weighted by Crippen LogP contribution is 2.29. The van der Waals surface area contributed by atoms with Gasteiger partial charge in [0.1, 0.15) is 17.6 Å². The zero-order valence-electron chi connectivity index (χ0n) is 14.2. The van der Waals surface area contributed by atoms with E-state index in [0.29, 0.717) is 25.1 Å². The lowest BCUT2D eigenvalue weighted by Crippen LogP contribution is -2.39. The molecule has 0 saturated heterocycles. The smallest absolute Gasteiger partial charge is 0.306 e. The summed E-state index contributed by atoms with van der Waals surface area (Å²) in [5.74, 6) is -0.0277. The molecule has 3 unspecified atom stereocenters. The molecule has 132 valence electrons. The first kappa shape index (κ1) is 18.1. The number of ether oxygens (including phenoxy) is 2. The van der Waals surface area contributed by atoms with Crippen LogP contribution >= 0.6 is 0 Å². The minimum Gasteiger partial charge on any atom is -0.497 e. The number of methoxy groups -OCH3 is 1. The summed E-state index contributed by atoms with van der Waals surface area (Å²) >= 11 is 0. The van der Waals surface area contributed by atoms with Crippen LogP contribution in [0.25, 0.3) is 0 Å². The standard InChI is InChI=1S/C18H25NO5/c1-12(24-16-8-6-15(23-2)7-9-16)11-19-17(20)13-4-3-5-14(10-13)18(21)22/h6-9,12-14H,3-5,10-11H2,1-2H3,(H,19,20)(H,21,22). The number of hydrogen-bond acceptors (Lipinski definition) is 4. The van der Waals surface area contributed by atoms with Gasteiger partial charge in [-0.25, -0.2) is 0 Å². The number of nitrogens with one attached hydrogen (secondary N) is 1. The van der Waals surface area contributed by atoms with E-state index in [1.807, 2.05) is 31.2 Å². The maximum Gasteiger partial charge on any atom is 0.306 e. The molecular formula is C18H25NO5. The van der Waals surface area contributed by atoms with E-state index >= 15 is 0 Å². The van der Waals surface area contributed by atoms with E-state index in [1.54, 1.807) is 7.11 Å². The maximum atomic E-state index is 12.2. The van der Waals surface area contributed by atoms with Crippen molar-refractivity contribution in [3.8, 4) is 11.5 Å². The van der Waals surface area contributed by atoms with Gasteiger partial charge in [-0.1, -0.05) is 6.42 Å². The lowest BCUT2D eigenvalue weighted by molar-refractivity contribution is -0.144. The van der Waals surface area contributed by atoms with E-state index in [9.17, 15) is 9.59 Å².